The Morgan fingerprint density at radius 1 is 1.27 bits per heavy atom. The van der Waals surface area contributed by atoms with Crippen LogP contribution in [0.4, 0.5) is 0 Å². The molecule has 0 heterocycles. The summed E-state index contributed by atoms with van der Waals surface area (Å²) in [6.45, 7) is 7.18. The van der Waals surface area contributed by atoms with Gasteiger partial charge in [-0.15, -0.1) is 0 Å². The van der Waals surface area contributed by atoms with Crippen LogP contribution in [0, 0.1) is 0 Å². The number of allylic oxidation sites excluding steroid dienone is 5. The lowest BCUT2D eigenvalue weighted by Gasteiger charge is -1.95. The van der Waals surface area contributed by atoms with Crippen molar-refractivity contribution < 1.29 is 5.11 Å². The van der Waals surface area contributed by atoms with Crippen molar-refractivity contribution in [1.29, 1.82) is 0 Å². The molecule has 1 N–H and O–H groups in total. The highest BCUT2D eigenvalue weighted by Crippen LogP contribution is 2.00. The third kappa shape index (κ3) is 5.37. The third-order valence-corrected chi connectivity index (χ3v) is 1.21. The average Bonchev–Trinajstić information content (AvgIpc) is 2.03. The molecule has 0 amide bonds. The highest BCUT2D eigenvalue weighted by atomic mass is 16.3. The average molecular weight is 150 g/mol. The van der Waals surface area contributed by atoms with Crippen LogP contribution in [0.5, 0.6) is 0 Å². The van der Waals surface area contributed by atoms with Gasteiger partial charge in [0.15, 0.2) is 0 Å². The second-order valence-corrected chi connectivity index (χ2v) is 2.09. The van der Waals surface area contributed by atoms with E-state index in [1.165, 1.54) is 0 Å². The highest BCUT2D eigenvalue weighted by molar-refractivity contribution is 5.15. The smallest absolute Gasteiger partial charge is 0.0647 e. The van der Waals surface area contributed by atoms with Crippen molar-refractivity contribution in [3.63, 3.8) is 0 Å². The fraction of sp³-hybridized carbons (Fsp3) is 0.200. The molecule has 0 aromatic carbocycles. The molecule has 0 saturated carbocycles. The maximum Gasteiger partial charge on any atom is 0.0647 e. The highest BCUT2D eigenvalue weighted by Gasteiger charge is 1.87. The van der Waals surface area contributed by atoms with Crippen LogP contribution in [-0.2, 0) is 0 Å². The molecule has 0 radical (unpaired) electrons. The molecule has 0 spiro atoms. The predicted octanol–water partition coefficient (Wildman–Crippen LogP) is 2.22. The van der Waals surface area contributed by atoms with Crippen molar-refractivity contribution in [2.45, 2.75) is 6.42 Å². The van der Waals surface area contributed by atoms with Crippen LogP contribution in [0.3, 0.4) is 0 Å². The molecule has 0 atom stereocenters. The monoisotopic (exact) mass is 150 g/mol. The molecule has 0 bridgehead atoms. The molecule has 0 fully saturated rings. The number of rotatable bonds is 5. The molecule has 1 nitrogen and oxygen atoms in total. The summed E-state index contributed by atoms with van der Waals surface area (Å²) in [6, 6.07) is 0. The lowest BCUT2D eigenvalue weighted by Crippen LogP contribution is -1.87. The molecule has 0 saturated heterocycles. The molecule has 0 unspecified atom stereocenters. The Labute approximate surface area is 68.1 Å². The maximum atomic E-state index is 8.78. The molecule has 11 heavy (non-hydrogen) atoms. The molecular weight excluding hydrogens is 136 g/mol. The maximum absolute atomic E-state index is 8.78. The van der Waals surface area contributed by atoms with E-state index >= 15 is 0 Å². The fourth-order valence-corrected chi connectivity index (χ4v) is 0.668. The van der Waals surface area contributed by atoms with Crippen LogP contribution in [0.2, 0.25) is 0 Å². The Kier molecular flexibility index (Phi) is 6.34. The zero-order valence-electron chi connectivity index (χ0n) is 6.66. The second kappa shape index (κ2) is 7.03. The zero-order chi connectivity index (χ0) is 8.53. The molecule has 0 aliphatic heterocycles. The Hall–Kier alpha value is -1.08. The minimum atomic E-state index is 0.0908. The lowest BCUT2D eigenvalue weighted by molar-refractivity contribution is 0.329. The van der Waals surface area contributed by atoms with E-state index in [2.05, 4.69) is 13.2 Å². The first-order chi connectivity index (χ1) is 5.35. The summed E-state index contributed by atoms with van der Waals surface area (Å²) in [5.74, 6) is 0. The van der Waals surface area contributed by atoms with Crippen molar-refractivity contribution in [2.75, 3.05) is 6.61 Å². The van der Waals surface area contributed by atoms with Crippen LogP contribution in [0.15, 0.2) is 49.1 Å². The first-order valence-corrected chi connectivity index (χ1v) is 3.54. The minimum Gasteiger partial charge on any atom is -0.392 e. The van der Waals surface area contributed by atoms with Crippen LogP contribution in [0.25, 0.3) is 0 Å². The summed E-state index contributed by atoms with van der Waals surface area (Å²) in [6.07, 6.45) is 9.75. The zero-order valence-corrected chi connectivity index (χ0v) is 6.66. The van der Waals surface area contributed by atoms with E-state index in [4.69, 9.17) is 5.11 Å². The first kappa shape index (κ1) is 9.92. The van der Waals surface area contributed by atoms with Gasteiger partial charge in [0, 0.05) is 0 Å². The quantitative estimate of drug-likeness (QED) is 0.596. The lowest BCUT2D eigenvalue weighted by atomic mass is 10.2. The largest absolute Gasteiger partial charge is 0.392 e. The number of aliphatic hydroxyl groups is 1. The van der Waals surface area contributed by atoms with Crippen molar-refractivity contribution >= 4 is 0 Å². The summed E-state index contributed by atoms with van der Waals surface area (Å²) in [5, 5.41) is 8.78. The number of hydrogen-bond donors (Lipinski definition) is 1. The van der Waals surface area contributed by atoms with E-state index in [0.29, 0.717) is 0 Å². The summed E-state index contributed by atoms with van der Waals surface area (Å²) < 4.78 is 0. The topological polar surface area (TPSA) is 20.2 Å². The molecular formula is C10H14O. The van der Waals surface area contributed by atoms with E-state index in [1.807, 2.05) is 18.2 Å². The number of hydrogen-bond acceptors (Lipinski definition) is 1. The van der Waals surface area contributed by atoms with Crippen molar-refractivity contribution in [1.82, 2.24) is 0 Å². The van der Waals surface area contributed by atoms with Gasteiger partial charge in [0.25, 0.3) is 0 Å². The van der Waals surface area contributed by atoms with Gasteiger partial charge >= 0.3 is 0 Å². The predicted molar refractivity (Wildman–Crippen MR) is 49.3 cm³/mol. The van der Waals surface area contributed by atoms with Gasteiger partial charge in [0.2, 0.25) is 0 Å². The third-order valence-electron chi connectivity index (χ3n) is 1.21. The molecule has 1 heteroatoms. The molecule has 0 rings (SSSR count). The summed E-state index contributed by atoms with van der Waals surface area (Å²) in [4.78, 5) is 0. The standard InChI is InChI=1S/C10H14O/c1-3-5-6-8-10(9-11)7-4-2/h3-7,11H,1-2,8-9H2/b6-5-,10-7+. The molecule has 60 valence electrons. The van der Waals surface area contributed by atoms with Gasteiger partial charge in [-0.2, -0.15) is 0 Å². The van der Waals surface area contributed by atoms with E-state index < -0.39 is 0 Å². The Bertz CT molecular complexity index is 175. The minimum absolute atomic E-state index is 0.0908. The van der Waals surface area contributed by atoms with E-state index in [1.54, 1.807) is 12.2 Å². The first-order valence-electron chi connectivity index (χ1n) is 3.54. The van der Waals surface area contributed by atoms with Crippen LogP contribution in [-0.4, -0.2) is 11.7 Å². The van der Waals surface area contributed by atoms with E-state index in [9.17, 15) is 0 Å². The van der Waals surface area contributed by atoms with Gasteiger partial charge < -0.3 is 5.11 Å². The molecule has 0 aromatic rings. The van der Waals surface area contributed by atoms with Crippen molar-refractivity contribution in [3.05, 3.63) is 49.1 Å². The van der Waals surface area contributed by atoms with Crippen LogP contribution >= 0.6 is 0 Å². The fourth-order valence-electron chi connectivity index (χ4n) is 0.668. The number of aliphatic hydroxyl groups excluding tert-OH is 1. The summed E-state index contributed by atoms with van der Waals surface area (Å²) in [7, 11) is 0. The Morgan fingerprint density at radius 2 is 2.00 bits per heavy atom. The van der Waals surface area contributed by atoms with Gasteiger partial charge in [-0.25, -0.2) is 0 Å². The van der Waals surface area contributed by atoms with Gasteiger partial charge in [-0.1, -0.05) is 43.5 Å². The van der Waals surface area contributed by atoms with Crippen molar-refractivity contribution in [2.24, 2.45) is 0 Å². The Balaban J connectivity index is 3.87. The Morgan fingerprint density at radius 3 is 2.45 bits per heavy atom. The van der Waals surface area contributed by atoms with Gasteiger partial charge in [-0.3, -0.25) is 0 Å². The van der Waals surface area contributed by atoms with Gasteiger partial charge in [-0.05, 0) is 12.0 Å². The van der Waals surface area contributed by atoms with Crippen LogP contribution in [0.1, 0.15) is 6.42 Å². The SMILES string of the molecule is C=C/C=C\C/C(=C\C=C)CO. The summed E-state index contributed by atoms with van der Waals surface area (Å²) >= 11 is 0. The van der Waals surface area contributed by atoms with E-state index in [0.717, 1.165) is 12.0 Å². The second-order valence-electron chi connectivity index (χ2n) is 2.09. The molecule has 0 aromatic heterocycles. The summed E-state index contributed by atoms with van der Waals surface area (Å²) in [5.41, 5.74) is 0.957. The van der Waals surface area contributed by atoms with Gasteiger partial charge in [0.1, 0.15) is 0 Å². The van der Waals surface area contributed by atoms with Gasteiger partial charge in [0.05, 0.1) is 6.61 Å². The van der Waals surface area contributed by atoms with Crippen molar-refractivity contribution in [3.8, 4) is 0 Å². The molecule has 0 aliphatic rings. The van der Waals surface area contributed by atoms with Crippen LogP contribution < -0.4 is 0 Å². The van der Waals surface area contributed by atoms with E-state index in [-0.39, 0.29) is 6.61 Å². The molecule has 0 aliphatic carbocycles. The normalized spacial score (nSPS) is 11.9.